The van der Waals surface area contributed by atoms with Crippen LogP contribution in [0.15, 0.2) is 12.1 Å². The summed E-state index contributed by atoms with van der Waals surface area (Å²) in [5.74, 6) is -2.29. The maximum absolute atomic E-state index is 13.0. The molecule has 0 saturated heterocycles. The Bertz CT molecular complexity index is 350. The molecule has 0 aliphatic heterocycles. The van der Waals surface area contributed by atoms with E-state index in [0.717, 1.165) is 6.07 Å². The molecule has 0 aliphatic carbocycles. The van der Waals surface area contributed by atoms with Crippen LogP contribution in [-0.4, -0.2) is 5.11 Å². The number of nitrogens with two attached hydrogens (primary N) is 1. The first kappa shape index (κ1) is 10.9. The van der Waals surface area contributed by atoms with E-state index in [-0.39, 0.29) is 5.56 Å². The van der Waals surface area contributed by atoms with E-state index in [1.54, 1.807) is 13.8 Å². The minimum atomic E-state index is -0.981. The van der Waals surface area contributed by atoms with Crippen molar-refractivity contribution in [1.29, 1.82) is 0 Å². The third-order valence-electron chi connectivity index (χ3n) is 2.38. The van der Waals surface area contributed by atoms with E-state index in [2.05, 4.69) is 0 Å². The van der Waals surface area contributed by atoms with Gasteiger partial charge in [-0.1, -0.05) is 6.92 Å². The first-order valence-electron chi connectivity index (χ1n) is 4.36. The van der Waals surface area contributed by atoms with Gasteiger partial charge in [0.2, 0.25) is 0 Å². The van der Waals surface area contributed by atoms with Crippen LogP contribution in [0.1, 0.15) is 25.8 Å². The Balaban J connectivity index is 3.34. The van der Waals surface area contributed by atoms with Gasteiger partial charge in [-0.05, 0) is 19.4 Å². The van der Waals surface area contributed by atoms with Crippen LogP contribution in [0.2, 0.25) is 0 Å². The van der Waals surface area contributed by atoms with Crippen molar-refractivity contribution in [2.24, 2.45) is 5.73 Å². The number of phenols is 1. The Hall–Kier alpha value is -1.16. The Labute approximate surface area is 81.4 Å². The van der Waals surface area contributed by atoms with Crippen molar-refractivity contribution < 1.29 is 13.9 Å². The molecule has 0 heterocycles. The standard InChI is InChI=1S/C10H13F2NO/c1-3-10(2,13)7-4-6(11)5-8(12)9(7)14/h4-5,14H,3,13H2,1-2H3/t10-/m1/s1. The van der Waals surface area contributed by atoms with E-state index < -0.39 is 22.9 Å². The molecule has 0 aliphatic rings. The third kappa shape index (κ3) is 1.85. The summed E-state index contributed by atoms with van der Waals surface area (Å²) in [5.41, 5.74) is 4.95. The zero-order valence-corrected chi connectivity index (χ0v) is 8.14. The van der Waals surface area contributed by atoms with Crippen molar-refractivity contribution in [2.45, 2.75) is 25.8 Å². The number of rotatable bonds is 2. The highest BCUT2D eigenvalue weighted by atomic mass is 19.1. The lowest BCUT2D eigenvalue weighted by Crippen LogP contribution is -2.32. The monoisotopic (exact) mass is 201 g/mol. The van der Waals surface area contributed by atoms with Crippen LogP contribution in [0.25, 0.3) is 0 Å². The summed E-state index contributed by atoms with van der Waals surface area (Å²) in [6.07, 6.45) is 0.476. The molecule has 3 N–H and O–H groups in total. The quantitative estimate of drug-likeness (QED) is 0.770. The van der Waals surface area contributed by atoms with Gasteiger partial charge in [0, 0.05) is 17.2 Å². The fraction of sp³-hybridized carbons (Fsp3) is 0.400. The van der Waals surface area contributed by atoms with Gasteiger partial charge in [-0.2, -0.15) is 0 Å². The Morgan fingerprint density at radius 1 is 1.43 bits per heavy atom. The molecule has 1 aromatic rings. The van der Waals surface area contributed by atoms with E-state index in [1.165, 1.54) is 0 Å². The summed E-state index contributed by atoms with van der Waals surface area (Å²) >= 11 is 0. The Kier molecular flexibility index (Phi) is 2.76. The maximum atomic E-state index is 13.0. The smallest absolute Gasteiger partial charge is 0.168 e. The molecule has 0 unspecified atom stereocenters. The molecule has 1 rings (SSSR count). The van der Waals surface area contributed by atoms with Crippen LogP contribution in [0.3, 0.4) is 0 Å². The molecule has 4 heteroatoms. The molecule has 0 amide bonds. The highest BCUT2D eigenvalue weighted by molar-refractivity contribution is 5.39. The molecular formula is C10H13F2NO. The predicted octanol–water partition coefficient (Wildman–Crippen LogP) is 2.25. The van der Waals surface area contributed by atoms with Crippen molar-refractivity contribution in [1.82, 2.24) is 0 Å². The summed E-state index contributed by atoms with van der Waals surface area (Å²) < 4.78 is 25.8. The average molecular weight is 201 g/mol. The van der Waals surface area contributed by atoms with Gasteiger partial charge in [0.25, 0.3) is 0 Å². The zero-order chi connectivity index (χ0) is 10.9. The fourth-order valence-corrected chi connectivity index (χ4v) is 1.19. The third-order valence-corrected chi connectivity index (χ3v) is 2.38. The van der Waals surface area contributed by atoms with Crippen LogP contribution in [0.5, 0.6) is 5.75 Å². The molecule has 14 heavy (non-hydrogen) atoms. The number of halogens is 2. The molecule has 0 saturated carbocycles. The topological polar surface area (TPSA) is 46.2 Å². The van der Waals surface area contributed by atoms with E-state index in [0.29, 0.717) is 12.5 Å². The molecule has 78 valence electrons. The largest absolute Gasteiger partial charge is 0.505 e. The summed E-state index contributed by atoms with van der Waals surface area (Å²) in [6, 6.07) is 1.69. The van der Waals surface area contributed by atoms with Crippen LogP contribution in [-0.2, 0) is 5.54 Å². The van der Waals surface area contributed by atoms with Gasteiger partial charge < -0.3 is 10.8 Å². The van der Waals surface area contributed by atoms with Gasteiger partial charge in [0.15, 0.2) is 11.6 Å². The van der Waals surface area contributed by atoms with Crippen LogP contribution < -0.4 is 5.73 Å². The van der Waals surface area contributed by atoms with Crippen molar-refractivity contribution in [3.63, 3.8) is 0 Å². The summed E-state index contributed by atoms with van der Waals surface area (Å²) in [6.45, 7) is 3.39. The Morgan fingerprint density at radius 3 is 2.50 bits per heavy atom. The maximum Gasteiger partial charge on any atom is 0.168 e. The van der Waals surface area contributed by atoms with E-state index in [4.69, 9.17) is 5.73 Å². The van der Waals surface area contributed by atoms with Gasteiger partial charge in [0.05, 0.1) is 0 Å². The van der Waals surface area contributed by atoms with Crippen molar-refractivity contribution >= 4 is 0 Å². The molecule has 0 radical (unpaired) electrons. The predicted molar refractivity (Wildman–Crippen MR) is 49.9 cm³/mol. The normalized spacial score (nSPS) is 15.2. The number of hydrogen-bond donors (Lipinski definition) is 2. The second-order valence-corrected chi connectivity index (χ2v) is 3.55. The summed E-state index contributed by atoms with van der Waals surface area (Å²) in [4.78, 5) is 0. The number of aromatic hydroxyl groups is 1. The van der Waals surface area contributed by atoms with Gasteiger partial charge >= 0.3 is 0 Å². The van der Waals surface area contributed by atoms with Gasteiger partial charge in [-0.25, -0.2) is 8.78 Å². The summed E-state index contributed by atoms with van der Waals surface area (Å²) in [5, 5.41) is 9.37. The van der Waals surface area contributed by atoms with Gasteiger partial charge in [0.1, 0.15) is 5.82 Å². The highest BCUT2D eigenvalue weighted by Crippen LogP contribution is 2.32. The minimum Gasteiger partial charge on any atom is -0.505 e. The second kappa shape index (κ2) is 3.53. The van der Waals surface area contributed by atoms with Crippen molar-refractivity contribution in [3.05, 3.63) is 29.3 Å². The van der Waals surface area contributed by atoms with E-state index in [9.17, 15) is 13.9 Å². The molecule has 0 spiro atoms. The zero-order valence-electron chi connectivity index (χ0n) is 8.14. The summed E-state index contributed by atoms with van der Waals surface area (Å²) in [7, 11) is 0. The minimum absolute atomic E-state index is 0.0949. The van der Waals surface area contributed by atoms with Crippen molar-refractivity contribution in [2.75, 3.05) is 0 Å². The van der Waals surface area contributed by atoms with E-state index >= 15 is 0 Å². The SMILES string of the molecule is CC[C@@](C)(N)c1cc(F)cc(F)c1O. The molecule has 1 atom stereocenters. The first-order valence-corrected chi connectivity index (χ1v) is 4.36. The highest BCUT2D eigenvalue weighted by Gasteiger charge is 2.25. The van der Waals surface area contributed by atoms with Gasteiger partial charge in [-0.15, -0.1) is 0 Å². The van der Waals surface area contributed by atoms with Crippen molar-refractivity contribution in [3.8, 4) is 5.75 Å². The lowest BCUT2D eigenvalue weighted by Gasteiger charge is -2.24. The van der Waals surface area contributed by atoms with E-state index in [1.807, 2.05) is 0 Å². The fourth-order valence-electron chi connectivity index (χ4n) is 1.19. The molecule has 0 bridgehead atoms. The molecule has 0 aromatic heterocycles. The lowest BCUT2D eigenvalue weighted by atomic mass is 9.89. The second-order valence-electron chi connectivity index (χ2n) is 3.55. The number of phenolic OH excluding ortho intramolecular Hbond substituents is 1. The van der Waals surface area contributed by atoms with Crippen LogP contribution >= 0.6 is 0 Å². The Morgan fingerprint density at radius 2 is 2.00 bits per heavy atom. The number of hydrogen-bond acceptors (Lipinski definition) is 2. The molecule has 1 aromatic carbocycles. The van der Waals surface area contributed by atoms with Gasteiger partial charge in [-0.3, -0.25) is 0 Å². The molecule has 2 nitrogen and oxygen atoms in total. The van der Waals surface area contributed by atoms with Crippen LogP contribution in [0, 0.1) is 11.6 Å². The average Bonchev–Trinajstić information content (AvgIpc) is 2.11. The molecular weight excluding hydrogens is 188 g/mol. The van der Waals surface area contributed by atoms with Crippen LogP contribution in [0.4, 0.5) is 8.78 Å². The first-order chi connectivity index (χ1) is 6.38. The number of benzene rings is 1. The molecule has 0 fully saturated rings. The lowest BCUT2D eigenvalue weighted by molar-refractivity contribution is 0.385.